The Hall–Kier alpha value is -0.670. The van der Waals surface area contributed by atoms with Crippen molar-refractivity contribution in [1.82, 2.24) is 0 Å². The molecule has 1 atom stereocenters. The van der Waals surface area contributed by atoms with Crippen molar-refractivity contribution >= 4 is 11.1 Å². The van der Waals surface area contributed by atoms with Crippen LogP contribution in [0.3, 0.4) is 0 Å². The Bertz CT molecular complexity index is 386. The SMILES string of the molecule is CCCc1cc(CCC)c(S(=O)[O-])c(CCC)c1. The van der Waals surface area contributed by atoms with Gasteiger partial charge in [-0.2, -0.15) is 0 Å². The van der Waals surface area contributed by atoms with E-state index in [9.17, 15) is 8.76 Å². The van der Waals surface area contributed by atoms with Crippen molar-refractivity contribution in [1.29, 1.82) is 0 Å². The minimum Gasteiger partial charge on any atom is -0.768 e. The number of aryl methyl sites for hydroxylation is 3. The highest BCUT2D eigenvalue weighted by Crippen LogP contribution is 2.24. The third-order valence-corrected chi connectivity index (χ3v) is 3.90. The molecule has 0 saturated heterocycles. The Morgan fingerprint density at radius 3 is 1.72 bits per heavy atom. The second-order valence-electron chi connectivity index (χ2n) is 4.73. The van der Waals surface area contributed by atoms with Crippen molar-refractivity contribution in [2.45, 2.75) is 64.2 Å². The van der Waals surface area contributed by atoms with Crippen LogP contribution >= 0.6 is 0 Å². The van der Waals surface area contributed by atoms with Crippen LogP contribution < -0.4 is 0 Å². The molecule has 1 aromatic carbocycles. The van der Waals surface area contributed by atoms with Gasteiger partial charge in [-0.3, -0.25) is 4.21 Å². The maximum absolute atomic E-state index is 11.5. The third kappa shape index (κ3) is 3.92. The first-order valence-electron chi connectivity index (χ1n) is 6.87. The standard InChI is InChI=1S/C15H24O2S/c1-4-7-12-10-13(8-5-2)15(18(16)17)14(11-12)9-6-3/h10-11H,4-9H2,1-3H3,(H,16,17)/p-1. The zero-order chi connectivity index (χ0) is 13.5. The van der Waals surface area contributed by atoms with E-state index in [1.54, 1.807) is 0 Å². The van der Waals surface area contributed by atoms with Gasteiger partial charge < -0.3 is 4.55 Å². The van der Waals surface area contributed by atoms with Crippen molar-refractivity contribution in [3.05, 3.63) is 28.8 Å². The van der Waals surface area contributed by atoms with Gasteiger partial charge in [-0.1, -0.05) is 52.2 Å². The molecule has 0 aromatic heterocycles. The summed E-state index contributed by atoms with van der Waals surface area (Å²) in [7, 11) is 0. The molecule has 18 heavy (non-hydrogen) atoms. The molecule has 0 aliphatic heterocycles. The summed E-state index contributed by atoms with van der Waals surface area (Å²) in [5, 5.41) is 0. The van der Waals surface area contributed by atoms with Gasteiger partial charge in [0, 0.05) is 4.90 Å². The van der Waals surface area contributed by atoms with Gasteiger partial charge in [-0.25, -0.2) is 0 Å². The molecule has 1 unspecified atom stereocenters. The molecule has 0 aliphatic carbocycles. The van der Waals surface area contributed by atoms with E-state index in [0.29, 0.717) is 4.90 Å². The van der Waals surface area contributed by atoms with E-state index in [4.69, 9.17) is 0 Å². The normalized spacial score (nSPS) is 12.7. The maximum Gasteiger partial charge on any atom is 0.0312 e. The number of hydrogen-bond donors (Lipinski definition) is 0. The topological polar surface area (TPSA) is 40.1 Å². The van der Waals surface area contributed by atoms with Crippen LogP contribution in [0.15, 0.2) is 17.0 Å². The van der Waals surface area contributed by atoms with Crippen LogP contribution in [-0.2, 0) is 30.3 Å². The molecular formula is C15H23O2S-. The van der Waals surface area contributed by atoms with E-state index in [0.717, 1.165) is 49.7 Å². The van der Waals surface area contributed by atoms with Gasteiger partial charge in [0.15, 0.2) is 0 Å². The summed E-state index contributed by atoms with van der Waals surface area (Å²) in [6, 6.07) is 4.16. The summed E-state index contributed by atoms with van der Waals surface area (Å²) in [6.45, 7) is 6.33. The molecule has 0 radical (unpaired) electrons. The average molecular weight is 267 g/mol. The number of hydrogen-bond acceptors (Lipinski definition) is 2. The van der Waals surface area contributed by atoms with Gasteiger partial charge in [0.1, 0.15) is 0 Å². The fraction of sp³-hybridized carbons (Fsp3) is 0.600. The van der Waals surface area contributed by atoms with E-state index in [1.807, 2.05) is 0 Å². The Morgan fingerprint density at radius 2 is 1.39 bits per heavy atom. The highest BCUT2D eigenvalue weighted by Gasteiger charge is 2.10. The van der Waals surface area contributed by atoms with Crippen molar-refractivity contribution in [3.8, 4) is 0 Å². The second-order valence-corrected chi connectivity index (χ2v) is 5.61. The number of rotatable bonds is 7. The zero-order valence-electron chi connectivity index (χ0n) is 11.6. The molecule has 0 spiro atoms. The lowest BCUT2D eigenvalue weighted by Crippen LogP contribution is -2.05. The zero-order valence-corrected chi connectivity index (χ0v) is 12.4. The molecule has 0 saturated carbocycles. The van der Waals surface area contributed by atoms with Crippen LogP contribution in [0.4, 0.5) is 0 Å². The van der Waals surface area contributed by atoms with E-state index < -0.39 is 11.1 Å². The highest BCUT2D eigenvalue weighted by molar-refractivity contribution is 7.79. The fourth-order valence-electron chi connectivity index (χ4n) is 2.38. The molecule has 1 aromatic rings. The molecule has 0 aliphatic rings. The lowest BCUT2D eigenvalue weighted by atomic mass is 9.97. The Kier molecular flexibility index (Phi) is 6.58. The van der Waals surface area contributed by atoms with Gasteiger partial charge in [0.2, 0.25) is 0 Å². The summed E-state index contributed by atoms with van der Waals surface area (Å²) in [5.74, 6) is 0. The molecular weight excluding hydrogens is 244 g/mol. The second kappa shape index (κ2) is 7.70. The molecule has 0 heterocycles. The molecule has 102 valence electrons. The van der Waals surface area contributed by atoms with E-state index >= 15 is 0 Å². The van der Waals surface area contributed by atoms with Crippen LogP contribution in [0.1, 0.15) is 56.7 Å². The smallest absolute Gasteiger partial charge is 0.0312 e. The van der Waals surface area contributed by atoms with E-state index in [-0.39, 0.29) is 0 Å². The molecule has 0 amide bonds. The van der Waals surface area contributed by atoms with Crippen LogP contribution in [0.5, 0.6) is 0 Å². The summed E-state index contributed by atoms with van der Waals surface area (Å²) >= 11 is -2.12. The first-order chi connectivity index (χ1) is 8.63. The monoisotopic (exact) mass is 267 g/mol. The minimum atomic E-state index is -2.12. The Labute approximate surface area is 113 Å². The minimum absolute atomic E-state index is 0.554. The Balaban J connectivity index is 3.29. The Morgan fingerprint density at radius 1 is 0.944 bits per heavy atom. The van der Waals surface area contributed by atoms with Gasteiger partial charge in [0.05, 0.1) is 0 Å². The lowest BCUT2D eigenvalue weighted by molar-refractivity contribution is 0.534. The molecule has 2 nitrogen and oxygen atoms in total. The van der Waals surface area contributed by atoms with Crippen molar-refractivity contribution in [3.63, 3.8) is 0 Å². The summed E-state index contributed by atoms with van der Waals surface area (Å²) in [4.78, 5) is 0.554. The summed E-state index contributed by atoms with van der Waals surface area (Å²) in [6.07, 6.45) is 5.77. The predicted octanol–water partition coefficient (Wildman–Crippen LogP) is 3.78. The first-order valence-corrected chi connectivity index (χ1v) is 7.95. The van der Waals surface area contributed by atoms with Crippen LogP contribution in [0.2, 0.25) is 0 Å². The molecule has 0 fully saturated rings. The highest BCUT2D eigenvalue weighted by atomic mass is 32.2. The van der Waals surface area contributed by atoms with Crippen LogP contribution in [0.25, 0.3) is 0 Å². The van der Waals surface area contributed by atoms with E-state index in [2.05, 4.69) is 32.9 Å². The van der Waals surface area contributed by atoms with Crippen molar-refractivity contribution in [2.75, 3.05) is 0 Å². The largest absolute Gasteiger partial charge is 0.768 e. The first kappa shape index (κ1) is 15.4. The van der Waals surface area contributed by atoms with Gasteiger partial charge in [0.25, 0.3) is 0 Å². The summed E-state index contributed by atoms with van der Waals surface area (Å²) < 4.78 is 22.9. The molecule has 0 bridgehead atoms. The third-order valence-electron chi connectivity index (χ3n) is 3.05. The van der Waals surface area contributed by atoms with Crippen molar-refractivity contribution in [2.24, 2.45) is 0 Å². The lowest BCUT2D eigenvalue weighted by Gasteiger charge is -2.18. The van der Waals surface area contributed by atoms with Gasteiger partial charge in [-0.05, 0) is 47.0 Å². The predicted molar refractivity (Wildman–Crippen MR) is 75.6 cm³/mol. The van der Waals surface area contributed by atoms with E-state index in [1.165, 1.54) is 5.56 Å². The van der Waals surface area contributed by atoms with Crippen LogP contribution in [-0.4, -0.2) is 8.76 Å². The number of benzene rings is 1. The fourth-order valence-corrected chi connectivity index (χ4v) is 3.13. The maximum atomic E-state index is 11.5. The molecule has 0 N–H and O–H groups in total. The van der Waals surface area contributed by atoms with Crippen molar-refractivity contribution < 1.29 is 8.76 Å². The summed E-state index contributed by atoms with van der Waals surface area (Å²) in [5.41, 5.74) is 3.28. The van der Waals surface area contributed by atoms with Crippen LogP contribution in [0, 0.1) is 0 Å². The average Bonchev–Trinajstić information content (AvgIpc) is 2.29. The van der Waals surface area contributed by atoms with Gasteiger partial charge >= 0.3 is 0 Å². The quantitative estimate of drug-likeness (QED) is 0.705. The molecule has 1 rings (SSSR count). The van der Waals surface area contributed by atoms with Gasteiger partial charge in [-0.15, -0.1) is 0 Å². The molecule has 3 heteroatoms.